The van der Waals surface area contributed by atoms with Crippen LogP contribution in [0, 0.1) is 5.41 Å². The fourth-order valence-corrected chi connectivity index (χ4v) is 5.64. The summed E-state index contributed by atoms with van der Waals surface area (Å²) in [5.41, 5.74) is 1.81. The van der Waals surface area contributed by atoms with E-state index in [1.165, 1.54) is 29.4 Å². The van der Waals surface area contributed by atoms with Crippen LogP contribution in [0.25, 0.3) is 21.6 Å². The average Bonchev–Trinajstić information content (AvgIpc) is 3.42. The molecule has 2 aliphatic rings. The van der Waals surface area contributed by atoms with E-state index in [1.807, 2.05) is 19.1 Å². The van der Waals surface area contributed by atoms with E-state index >= 15 is 0 Å². The number of carbonyl (C=O) groups is 1. The molecule has 0 amide bonds. The molecule has 0 spiro atoms. The van der Waals surface area contributed by atoms with E-state index in [1.54, 1.807) is 23.7 Å². The summed E-state index contributed by atoms with van der Waals surface area (Å²) < 4.78 is 5.06. The number of ether oxygens (including phenoxy) is 1. The third-order valence-electron chi connectivity index (χ3n) is 5.92. The molecule has 1 unspecified atom stereocenters. The van der Waals surface area contributed by atoms with Crippen molar-refractivity contribution in [2.45, 2.75) is 32.6 Å². The number of carbonyl (C=O) groups excluding carboxylic acids is 1. The Morgan fingerprint density at radius 3 is 3.00 bits per heavy atom. The number of methoxy groups -OCH3 is 1. The maximum Gasteiger partial charge on any atom is 0.313 e. The lowest BCUT2D eigenvalue weighted by Crippen LogP contribution is -2.33. The van der Waals surface area contributed by atoms with Gasteiger partial charge in [-0.1, -0.05) is 0 Å². The lowest BCUT2D eigenvalue weighted by atomic mass is 9.90. The minimum Gasteiger partial charge on any atom is -0.469 e. The predicted octanol–water partition coefficient (Wildman–Crippen LogP) is 3.63. The molecule has 0 saturated carbocycles. The van der Waals surface area contributed by atoms with Crippen molar-refractivity contribution in [3.63, 3.8) is 0 Å². The molecule has 28 heavy (non-hydrogen) atoms. The molecule has 5 rings (SSSR count). The number of aryl methyl sites for hydroxylation is 2. The highest BCUT2D eigenvalue weighted by Crippen LogP contribution is 2.43. The number of anilines is 1. The number of nitrogens with zero attached hydrogens (tertiary/aromatic N) is 4. The second kappa shape index (κ2) is 6.51. The molecule has 1 atom stereocenters. The number of esters is 1. The van der Waals surface area contributed by atoms with Crippen LogP contribution in [0.3, 0.4) is 0 Å². The molecular formula is C21H22N4O2S. The summed E-state index contributed by atoms with van der Waals surface area (Å²) in [6.45, 7) is 3.38. The molecule has 144 valence electrons. The Hall–Kier alpha value is -2.54. The van der Waals surface area contributed by atoms with Crippen molar-refractivity contribution in [1.29, 1.82) is 0 Å². The van der Waals surface area contributed by atoms with Crippen LogP contribution >= 0.6 is 11.3 Å². The zero-order valence-electron chi connectivity index (χ0n) is 16.1. The van der Waals surface area contributed by atoms with Gasteiger partial charge in [0.1, 0.15) is 10.6 Å². The van der Waals surface area contributed by atoms with Gasteiger partial charge in [0, 0.05) is 35.9 Å². The van der Waals surface area contributed by atoms with Gasteiger partial charge >= 0.3 is 5.97 Å². The van der Waals surface area contributed by atoms with Gasteiger partial charge < -0.3 is 9.64 Å². The van der Waals surface area contributed by atoms with Crippen molar-refractivity contribution in [2.24, 2.45) is 5.41 Å². The van der Waals surface area contributed by atoms with Crippen LogP contribution in [0.2, 0.25) is 0 Å². The summed E-state index contributed by atoms with van der Waals surface area (Å²) >= 11 is 1.79. The Kier molecular flexibility index (Phi) is 4.08. The Morgan fingerprint density at radius 2 is 2.21 bits per heavy atom. The first-order valence-electron chi connectivity index (χ1n) is 9.65. The van der Waals surface area contributed by atoms with Crippen molar-refractivity contribution < 1.29 is 9.53 Å². The van der Waals surface area contributed by atoms with Gasteiger partial charge in [0.25, 0.3) is 0 Å². The third kappa shape index (κ3) is 2.68. The van der Waals surface area contributed by atoms with E-state index in [2.05, 4.69) is 9.88 Å². The molecular weight excluding hydrogens is 372 g/mol. The first kappa shape index (κ1) is 17.6. The maximum atomic E-state index is 12.3. The fraction of sp³-hybridized carbons (Fsp3) is 0.429. The summed E-state index contributed by atoms with van der Waals surface area (Å²) in [7, 11) is 1.46. The number of aromatic nitrogens is 3. The highest BCUT2D eigenvalue weighted by molar-refractivity contribution is 7.19. The van der Waals surface area contributed by atoms with Gasteiger partial charge in [-0.05, 0) is 50.3 Å². The topological polar surface area (TPSA) is 68.2 Å². The number of pyridine rings is 1. The van der Waals surface area contributed by atoms with E-state index < -0.39 is 5.41 Å². The summed E-state index contributed by atoms with van der Waals surface area (Å²) in [5.74, 6) is 1.50. The number of thiophene rings is 1. The molecule has 7 heteroatoms. The summed E-state index contributed by atoms with van der Waals surface area (Å²) in [4.78, 5) is 31.1. The second-order valence-corrected chi connectivity index (χ2v) is 8.96. The van der Waals surface area contributed by atoms with Crippen LogP contribution in [0.4, 0.5) is 5.82 Å². The normalized spacial score (nSPS) is 21.3. The number of fused-ring (bicyclic) bond motifs is 3. The molecule has 1 aliphatic carbocycles. The summed E-state index contributed by atoms with van der Waals surface area (Å²) in [5, 5.41) is 1.18. The van der Waals surface area contributed by atoms with Crippen LogP contribution < -0.4 is 4.90 Å². The number of hydrogen-bond donors (Lipinski definition) is 0. The zero-order valence-corrected chi connectivity index (χ0v) is 16.9. The van der Waals surface area contributed by atoms with Crippen LogP contribution in [0.15, 0.2) is 24.5 Å². The first-order valence-corrected chi connectivity index (χ1v) is 10.5. The van der Waals surface area contributed by atoms with Crippen molar-refractivity contribution in [3.05, 3.63) is 35.0 Å². The Labute approximate surface area is 167 Å². The van der Waals surface area contributed by atoms with Crippen LogP contribution in [0.5, 0.6) is 0 Å². The summed E-state index contributed by atoms with van der Waals surface area (Å²) in [6.07, 6.45) is 7.72. The largest absolute Gasteiger partial charge is 0.469 e. The van der Waals surface area contributed by atoms with Gasteiger partial charge in [-0.2, -0.15) is 0 Å². The molecule has 4 heterocycles. The molecule has 1 fully saturated rings. The molecule has 6 nitrogen and oxygen atoms in total. The highest BCUT2D eigenvalue weighted by atomic mass is 32.1. The lowest BCUT2D eigenvalue weighted by molar-refractivity contribution is -0.150. The van der Waals surface area contributed by atoms with E-state index in [9.17, 15) is 4.79 Å². The van der Waals surface area contributed by atoms with Gasteiger partial charge in [-0.15, -0.1) is 11.3 Å². The van der Waals surface area contributed by atoms with Crippen LogP contribution in [-0.4, -0.2) is 41.1 Å². The SMILES string of the molecule is COC(=O)C1(C)CCN(c2nc(-c3cccnc3)nc3sc4c(c23)CCC4)C1. The van der Waals surface area contributed by atoms with Crippen LogP contribution in [0.1, 0.15) is 30.2 Å². The standard InChI is InChI=1S/C21H22N4O2S/c1-21(20(26)27-2)8-10-25(12-21)18-16-14-6-3-7-15(14)28-19(16)24-17(23-18)13-5-4-9-22-11-13/h4-5,9,11H,3,6-8,10,12H2,1-2H3. The minimum atomic E-state index is -0.500. The second-order valence-electron chi connectivity index (χ2n) is 7.87. The fourth-order valence-electron chi connectivity index (χ4n) is 4.38. The van der Waals surface area contributed by atoms with Crippen molar-refractivity contribution in [2.75, 3.05) is 25.1 Å². The Bertz CT molecular complexity index is 1070. The predicted molar refractivity (Wildman–Crippen MR) is 110 cm³/mol. The average molecular weight is 395 g/mol. The molecule has 0 bridgehead atoms. The third-order valence-corrected chi connectivity index (χ3v) is 7.10. The van der Waals surface area contributed by atoms with Crippen LogP contribution in [-0.2, 0) is 22.4 Å². The van der Waals surface area contributed by atoms with Gasteiger partial charge in [0.2, 0.25) is 0 Å². The monoisotopic (exact) mass is 394 g/mol. The summed E-state index contributed by atoms with van der Waals surface area (Å²) in [6, 6.07) is 3.89. The van der Waals surface area contributed by atoms with Gasteiger partial charge in [-0.25, -0.2) is 9.97 Å². The van der Waals surface area contributed by atoms with Gasteiger partial charge in [-0.3, -0.25) is 9.78 Å². The van der Waals surface area contributed by atoms with Gasteiger partial charge in [0.15, 0.2) is 5.82 Å². The van der Waals surface area contributed by atoms with E-state index in [-0.39, 0.29) is 5.97 Å². The highest BCUT2D eigenvalue weighted by Gasteiger charge is 2.42. The Morgan fingerprint density at radius 1 is 1.32 bits per heavy atom. The zero-order chi connectivity index (χ0) is 19.3. The Balaban J connectivity index is 1.65. The maximum absolute atomic E-state index is 12.3. The van der Waals surface area contributed by atoms with E-state index in [0.29, 0.717) is 12.4 Å². The molecule has 3 aromatic rings. The molecule has 0 N–H and O–H groups in total. The molecule has 0 aromatic carbocycles. The number of rotatable bonds is 3. The molecule has 3 aromatic heterocycles. The molecule has 0 radical (unpaired) electrons. The smallest absolute Gasteiger partial charge is 0.313 e. The van der Waals surface area contributed by atoms with Crippen molar-refractivity contribution in [1.82, 2.24) is 15.0 Å². The lowest BCUT2D eigenvalue weighted by Gasteiger charge is -2.23. The van der Waals surface area contributed by atoms with Crippen molar-refractivity contribution >= 4 is 33.3 Å². The molecule has 1 saturated heterocycles. The quantitative estimate of drug-likeness (QED) is 0.632. The number of hydrogen-bond acceptors (Lipinski definition) is 7. The van der Waals surface area contributed by atoms with Gasteiger partial charge in [0.05, 0.1) is 17.9 Å². The minimum absolute atomic E-state index is 0.150. The van der Waals surface area contributed by atoms with E-state index in [0.717, 1.165) is 42.0 Å². The molecule has 1 aliphatic heterocycles. The first-order chi connectivity index (χ1) is 13.6. The van der Waals surface area contributed by atoms with Crippen molar-refractivity contribution in [3.8, 4) is 11.4 Å². The van der Waals surface area contributed by atoms with E-state index in [4.69, 9.17) is 14.7 Å².